The largest absolute Gasteiger partial charge is 0.508 e. The van der Waals surface area contributed by atoms with Gasteiger partial charge >= 0.3 is 5.97 Å². The van der Waals surface area contributed by atoms with E-state index in [1.165, 1.54) is 0 Å². The Morgan fingerprint density at radius 3 is 1.65 bits per heavy atom. The third-order valence-electron chi connectivity index (χ3n) is 2.47. The maximum atomic E-state index is 13.3. The Morgan fingerprint density at radius 1 is 0.826 bits per heavy atom. The molecule has 2 aromatic rings. The maximum absolute atomic E-state index is 13.3. The molecule has 0 aliphatic rings. The number of aromatic hydroxyl groups is 1. The van der Waals surface area contributed by atoms with Crippen LogP contribution in [-0.2, 0) is 0 Å². The molecule has 3 nitrogen and oxygen atoms in total. The molecule has 0 aromatic heterocycles. The van der Waals surface area contributed by atoms with Crippen LogP contribution in [0.5, 0.6) is 11.5 Å². The minimum Gasteiger partial charge on any atom is -0.508 e. The highest BCUT2D eigenvalue weighted by atomic mass is 19.2. The summed E-state index contributed by atoms with van der Waals surface area (Å²) in [6.45, 7) is 4.00. The zero-order chi connectivity index (χ0) is 17.7. The van der Waals surface area contributed by atoms with Crippen molar-refractivity contribution in [2.24, 2.45) is 0 Å². The zero-order valence-corrected chi connectivity index (χ0v) is 12.0. The molecule has 0 spiro atoms. The number of phenolic OH excluding ortho intramolecular Hbond substituents is 1. The molecule has 0 fully saturated rings. The van der Waals surface area contributed by atoms with Gasteiger partial charge in [-0.15, -0.1) is 0 Å². The number of ether oxygens (including phenoxy) is 1. The van der Waals surface area contributed by atoms with Crippen molar-refractivity contribution in [2.75, 3.05) is 0 Å². The first-order valence-electron chi connectivity index (χ1n) is 6.35. The second kappa shape index (κ2) is 7.57. The molecule has 0 radical (unpaired) electrons. The second-order valence-electron chi connectivity index (χ2n) is 3.84. The van der Waals surface area contributed by atoms with Gasteiger partial charge in [-0.1, -0.05) is 13.8 Å². The van der Waals surface area contributed by atoms with Crippen LogP contribution in [0.4, 0.5) is 22.0 Å². The summed E-state index contributed by atoms with van der Waals surface area (Å²) in [6, 6.07) is 4.25. The SMILES string of the molecule is CC.O=C(Oc1c(F)c(F)c(F)c(F)c1F)c1ccc(O)cc1. The molecule has 0 saturated carbocycles. The smallest absolute Gasteiger partial charge is 0.343 e. The molecule has 2 aromatic carbocycles. The predicted octanol–water partition coefficient (Wildman–Crippen LogP) is 4.33. The zero-order valence-electron chi connectivity index (χ0n) is 12.0. The lowest BCUT2D eigenvalue weighted by Gasteiger charge is -2.08. The molecular formula is C15H11F5O3. The van der Waals surface area contributed by atoms with Gasteiger partial charge in [-0.3, -0.25) is 0 Å². The van der Waals surface area contributed by atoms with Gasteiger partial charge in [-0.2, -0.15) is 8.78 Å². The van der Waals surface area contributed by atoms with E-state index < -0.39 is 40.8 Å². The van der Waals surface area contributed by atoms with Crippen molar-refractivity contribution in [1.82, 2.24) is 0 Å². The fourth-order valence-electron chi connectivity index (χ4n) is 1.42. The van der Waals surface area contributed by atoms with Gasteiger partial charge in [0.15, 0.2) is 0 Å². The van der Waals surface area contributed by atoms with Crippen molar-refractivity contribution in [3.63, 3.8) is 0 Å². The maximum Gasteiger partial charge on any atom is 0.343 e. The summed E-state index contributed by atoms with van der Waals surface area (Å²) in [7, 11) is 0. The second-order valence-corrected chi connectivity index (χ2v) is 3.84. The summed E-state index contributed by atoms with van der Waals surface area (Å²) in [5.74, 6) is -14.5. The molecule has 0 bridgehead atoms. The first kappa shape index (κ1) is 18.4. The number of hydrogen-bond acceptors (Lipinski definition) is 3. The predicted molar refractivity (Wildman–Crippen MR) is 70.6 cm³/mol. The summed E-state index contributed by atoms with van der Waals surface area (Å²) >= 11 is 0. The minimum absolute atomic E-state index is 0.192. The van der Waals surface area contributed by atoms with Crippen molar-refractivity contribution in [2.45, 2.75) is 13.8 Å². The van der Waals surface area contributed by atoms with E-state index in [1.54, 1.807) is 0 Å². The van der Waals surface area contributed by atoms with Crippen molar-refractivity contribution in [3.05, 3.63) is 58.9 Å². The highest BCUT2D eigenvalue weighted by Gasteiger charge is 2.28. The van der Waals surface area contributed by atoms with E-state index in [0.717, 1.165) is 24.3 Å². The van der Waals surface area contributed by atoms with Gasteiger partial charge in [0.25, 0.3) is 0 Å². The van der Waals surface area contributed by atoms with E-state index in [-0.39, 0.29) is 11.3 Å². The Bertz CT molecular complexity index is 685. The van der Waals surface area contributed by atoms with Gasteiger partial charge < -0.3 is 9.84 Å². The Kier molecular flexibility index (Phi) is 6.06. The minimum atomic E-state index is -2.35. The van der Waals surface area contributed by atoms with Crippen LogP contribution in [0, 0.1) is 29.1 Å². The number of hydrogen-bond donors (Lipinski definition) is 1. The van der Waals surface area contributed by atoms with Crippen LogP contribution >= 0.6 is 0 Å². The summed E-state index contributed by atoms with van der Waals surface area (Å²) in [5, 5.41) is 9.01. The first-order valence-corrected chi connectivity index (χ1v) is 6.35. The molecule has 2 rings (SSSR count). The van der Waals surface area contributed by atoms with Crippen LogP contribution in [0.2, 0.25) is 0 Å². The van der Waals surface area contributed by atoms with Crippen LogP contribution in [0.15, 0.2) is 24.3 Å². The molecule has 124 valence electrons. The monoisotopic (exact) mass is 334 g/mol. The summed E-state index contributed by atoms with van der Waals surface area (Å²) in [5.41, 5.74) is -0.253. The van der Waals surface area contributed by atoms with E-state index in [1.807, 2.05) is 13.8 Å². The molecule has 0 saturated heterocycles. The van der Waals surface area contributed by atoms with Gasteiger partial charge in [-0.25, -0.2) is 18.0 Å². The van der Waals surface area contributed by atoms with E-state index in [2.05, 4.69) is 4.74 Å². The molecular weight excluding hydrogens is 323 g/mol. The quantitative estimate of drug-likeness (QED) is 0.292. The Morgan fingerprint density at radius 2 is 1.22 bits per heavy atom. The number of carbonyl (C=O) groups excluding carboxylic acids is 1. The van der Waals surface area contributed by atoms with E-state index in [9.17, 15) is 26.7 Å². The summed E-state index contributed by atoms with van der Waals surface area (Å²) in [4.78, 5) is 11.6. The first-order chi connectivity index (χ1) is 10.8. The molecule has 1 N–H and O–H groups in total. The summed E-state index contributed by atoms with van der Waals surface area (Å²) in [6.07, 6.45) is 0. The summed E-state index contributed by atoms with van der Waals surface area (Å²) < 4.78 is 69.5. The molecule has 0 amide bonds. The van der Waals surface area contributed by atoms with E-state index in [0.29, 0.717) is 0 Å². The van der Waals surface area contributed by atoms with Gasteiger partial charge in [-0.05, 0) is 24.3 Å². The fourth-order valence-corrected chi connectivity index (χ4v) is 1.42. The molecule has 0 aliphatic carbocycles. The van der Waals surface area contributed by atoms with Crippen molar-refractivity contribution in [3.8, 4) is 11.5 Å². The van der Waals surface area contributed by atoms with Crippen LogP contribution in [0.1, 0.15) is 24.2 Å². The lowest BCUT2D eigenvalue weighted by Crippen LogP contribution is -2.13. The number of carbonyl (C=O) groups is 1. The fraction of sp³-hybridized carbons (Fsp3) is 0.133. The number of rotatable bonds is 2. The Hall–Kier alpha value is -2.64. The Labute approximate surface area is 127 Å². The van der Waals surface area contributed by atoms with Crippen LogP contribution < -0.4 is 4.74 Å². The van der Waals surface area contributed by atoms with Crippen molar-refractivity contribution in [1.29, 1.82) is 0 Å². The lowest BCUT2D eigenvalue weighted by molar-refractivity contribution is 0.0716. The van der Waals surface area contributed by atoms with Crippen molar-refractivity contribution >= 4 is 5.97 Å². The van der Waals surface area contributed by atoms with Crippen LogP contribution in [0.3, 0.4) is 0 Å². The van der Waals surface area contributed by atoms with Gasteiger partial charge in [0.05, 0.1) is 5.56 Å². The van der Waals surface area contributed by atoms with Gasteiger partial charge in [0.2, 0.25) is 34.8 Å². The number of benzene rings is 2. The number of halogens is 5. The Balaban J connectivity index is 0.00000127. The molecule has 0 aliphatic heterocycles. The van der Waals surface area contributed by atoms with Crippen LogP contribution in [0.25, 0.3) is 0 Å². The highest BCUT2D eigenvalue weighted by Crippen LogP contribution is 2.29. The number of esters is 1. The molecule has 8 heteroatoms. The van der Waals surface area contributed by atoms with Crippen LogP contribution in [-0.4, -0.2) is 11.1 Å². The standard InChI is InChI=1S/C13H5F5O3.C2H6/c14-7-8(15)10(17)12(11(18)9(7)16)21-13(20)5-1-3-6(19)4-2-5;1-2/h1-4,19H;1-2H3. The lowest BCUT2D eigenvalue weighted by atomic mass is 10.2. The average molecular weight is 334 g/mol. The normalized spacial score (nSPS) is 9.87. The van der Waals surface area contributed by atoms with Crippen molar-refractivity contribution < 1.29 is 36.6 Å². The third kappa shape index (κ3) is 3.77. The topological polar surface area (TPSA) is 46.5 Å². The van der Waals surface area contributed by atoms with E-state index >= 15 is 0 Å². The molecule has 0 atom stereocenters. The molecule has 0 heterocycles. The van der Waals surface area contributed by atoms with Gasteiger partial charge in [0.1, 0.15) is 5.75 Å². The van der Waals surface area contributed by atoms with E-state index in [4.69, 9.17) is 5.11 Å². The third-order valence-corrected chi connectivity index (χ3v) is 2.47. The molecule has 23 heavy (non-hydrogen) atoms. The number of phenols is 1. The average Bonchev–Trinajstić information content (AvgIpc) is 2.57. The van der Waals surface area contributed by atoms with Gasteiger partial charge in [0, 0.05) is 0 Å². The highest BCUT2D eigenvalue weighted by molar-refractivity contribution is 5.91. The molecule has 0 unspecified atom stereocenters.